The molecule has 0 aliphatic rings. The predicted molar refractivity (Wildman–Crippen MR) is 82.8 cm³/mol. The molecule has 0 spiro atoms. The number of aryl methyl sites for hydroxylation is 1. The van der Waals surface area contributed by atoms with Crippen molar-refractivity contribution in [3.63, 3.8) is 0 Å². The van der Waals surface area contributed by atoms with E-state index in [0.717, 1.165) is 11.1 Å². The Balaban J connectivity index is 2.01. The number of Topliss-reactive ketones (excluding diaryl/α,β-unsaturated/α-hetero) is 1. The number of hydrogen-bond acceptors (Lipinski definition) is 4. The van der Waals surface area contributed by atoms with Crippen LogP contribution in [0.15, 0.2) is 42.6 Å². The summed E-state index contributed by atoms with van der Waals surface area (Å²) in [6.07, 6.45) is 1.62. The van der Waals surface area contributed by atoms with Gasteiger partial charge in [-0.1, -0.05) is 35.9 Å². The summed E-state index contributed by atoms with van der Waals surface area (Å²) in [7, 11) is 0. The summed E-state index contributed by atoms with van der Waals surface area (Å²) < 4.78 is 5.38. The molecule has 0 bridgehead atoms. The molecule has 114 valence electrons. The number of benzene rings is 1. The first-order valence-electron chi connectivity index (χ1n) is 7.07. The van der Waals surface area contributed by atoms with E-state index in [1.165, 1.54) is 0 Å². The van der Waals surface area contributed by atoms with E-state index in [2.05, 4.69) is 10.3 Å². The second kappa shape index (κ2) is 7.36. The lowest BCUT2D eigenvalue weighted by atomic mass is 10.1. The van der Waals surface area contributed by atoms with Crippen LogP contribution in [0.5, 0.6) is 5.88 Å². The maximum absolute atomic E-state index is 12.0. The molecule has 0 aliphatic heterocycles. The van der Waals surface area contributed by atoms with Gasteiger partial charge in [0, 0.05) is 23.9 Å². The van der Waals surface area contributed by atoms with E-state index in [9.17, 15) is 9.59 Å². The average molecular weight is 298 g/mol. The Hall–Kier alpha value is -2.69. The van der Waals surface area contributed by atoms with Crippen molar-refractivity contribution < 1.29 is 14.3 Å². The monoisotopic (exact) mass is 298 g/mol. The van der Waals surface area contributed by atoms with E-state index in [1.54, 1.807) is 42.6 Å². The zero-order chi connectivity index (χ0) is 15.9. The molecule has 1 aromatic heterocycles. The van der Waals surface area contributed by atoms with Crippen molar-refractivity contribution in [2.24, 2.45) is 0 Å². The fraction of sp³-hybridized carbons (Fsp3) is 0.235. The van der Waals surface area contributed by atoms with Crippen LogP contribution in [0.2, 0.25) is 0 Å². The number of ketones is 1. The fourth-order valence-electron chi connectivity index (χ4n) is 1.92. The summed E-state index contributed by atoms with van der Waals surface area (Å²) in [5.74, 6) is -0.731. The number of carbonyl (C=O) groups excluding carboxylic acids is 2. The van der Waals surface area contributed by atoms with Crippen LogP contribution in [0.3, 0.4) is 0 Å². The highest BCUT2D eigenvalue weighted by Gasteiger charge is 2.16. The van der Waals surface area contributed by atoms with Gasteiger partial charge in [0.2, 0.25) is 11.7 Å². The van der Waals surface area contributed by atoms with Crippen molar-refractivity contribution in [2.45, 2.75) is 20.4 Å². The van der Waals surface area contributed by atoms with Gasteiger partial charge in [0.15, 0.2) is 0 Å². The lowest BCUT2D eigenvalue weighted by Gasteiger charge is -2.09. The zero-order valence-corrected chi connectivity index (χ0v) is 12.6. The zero-order valence-electron chi connectivity index (χ0n) is 12.6. The van der Waals surface area contributed by atoms with Crippen molar-refractivity contribution in [1.82, 2.24) is 10.3 Å². The highest BCUT2D eigenvalue weighted by atomic mass is 16.5. The summed E-state index contributed by atoms with van der Waals surface area (Å²) in [4.78, 5) is 28.1. The predicted octanol–water partition coefficient (Wildman–Crippen LogP) is 2.29. The quantitative estimate of drug-likeness (QED) is 0.656. The molecule has 0 fully saturated rings. The molecule has 0 saturated carbocycles. The number of nitrogens with one attached hydrogen (secondary N) is 1. The third kappa shape index (κ3) is 3.91. The first kappa shape index (κ1) is 15.7. The molecule has 2 aromatic rings. The van der Waals surface area contributed by atoms with Gasteiger partial charge < -0.3 is 10.1 Å². The lowest BCUT2D eigenvalue weighted by molar-refractivity contribution is -0.117. The molecule has 5 nitrogen and oxygen atoms in total. The van der Waals surface area contributed by atoms with Gasteiger partial charge in [0.25, 0.3) is 5.91 Å². The summed E-state index contributed by atoms with van der Waals surface area (Å²) >= 11 is 0. The summed E-state index contributed by atoms with van der Waals surface area (Å²) in [6.45, 7) is 4.46. The SMILES string of the molecule is CCOc1ncccc1CNC(=O)C(=O)c1ccc(C)cc1. The van der Waals surface area contributed by atoms with Crippen LogP contribution in [-0.2, 0) is 11.3 Å². The van der Waals surface area contributed by atoms with E-state index < -0.39 is 11.7 Å². The van der Waals surface area contributed by atoms with E-state index in [4.69, 9.17) is 4.74 Å². The molecule has 22 heavy (non-hydrogen) atoms. The molecule has 0 atom stereocenters. The van der Waals surface area contributed by atoms with Crippen LogP contribution in [0.25, 0.3) is 0 Å². The number of amides is 1. The average Bonchev–Trinajstić information content (AvgIpc) is 2.54. The molecule has 1 heterocycles. The Morgan fingerprint density at radius 2 is 1.91 bits per heavy atom. The minimum Gasteiger partial charge on any atom is -0.478 e. The minimum atomic E-state index is -0.643. The van der Waals surface area contributed by atoms with Crippen molar-refractivity contribution in [3.8, 4) is 5.88 Å². The molecule has 0 unspecified atom stereocenters. The van der Waals surface area contributed by atoms with E-state index in [-0.39, 0.29) is 6.54 Å². The van der Waals surface area contributed by atoms with E-state index in [1.807, 2.05) is 13.8 Å². The van der Waals surface area contributed by atoms with Crippen molar-refractivity contribution in [1.29, 1.82) is 0 Å². The third-order valence-electron chi connectivity index (χ3n) is 3.09. The highest BCUT2D eigenvalue weighted by molar-refractivity contribution is 6.42. The van der Waals surface area contributed by atoms with Gasteiger partial charge in [-0.3, -0.25) is 9.59 Å². The Morgan fingerprint density at radius 1 is 1.18 bits per heavy atom. The largest absolute Gasteiger partial charge is 0.478 e. The molecule has 0 aliphatic carbocycles. The molecule has 1 aromatic carbocycles. The van der Waals surface area contributed by atoms with Crippen molar-refractivity contribution in [3.05, 3.63) is 59.3 Å². The third-order valence-corrected chi connectivity index (χ3v) is 3.09. The number of carbonyl (C=O) groups is 2. The fourth-order valence-corrected chi connectivity index (χ4v) is 1.92. The standard InChI is InChI=1S/C17H18N2O3/c1-3-22-17-14(5-4-10-18-17)11-19-16(21)15(20)13-8-6-12(2)7-9-13/h4-10H,3,11H2,1-2H3,(H,19,21). The number of nitrogens with zero attached hydrogens (tertiary/aromatic N) is 1. The summed E-state index contributed by atoms with van der Waals surface area (Å²) in [6, 6.07) is 10.4. The Kier molecular flexibility index (Phi) is 5.25. The second-order valence-corrected chi connectivity index (χ2v) is 4.78. The number of ether oxygens (including phenoxy) is 1. The van der Waals surface area contributed by atoms with E-state index >= 15 is 0 Å². The number of aromatic nitrogens is 1. The second-order valence-electron chi connectivity index (χ2n) is 4.78. The van der Waals surface area contributed by atoms with Crippen LogP contribution < -0.4 is 10.1 Å². The molecule has 2 rings (SSSR count). The molecule has 1 amide bonds. The van der Waals surface area contributed by atoms with Gasteiger partial charge in [0.05, 0.1) is 6.61 Å². The van der Waals surface area contributed by atoms with Crippen LogP contribution in [0.1, 0.15) is 28.4 Å². The number of hydrogen-bond donors (Lipinski definition) is 1. The van der Waals surface area contributed by atoms with E-state index in [0.29, 0.717) is 18.1 Å². The smallest absolute Gasteiger partial charge is 0.292 e. The summed E-state index contributed by atoms with van der Waals surface area (Å²) in [5.41, 5.74) is 2.14. The van der Waals surface area contributed by atoms with Gasteiger partial charge in [0.1, 0.15) is 0 Å². The van der Waals surface area contributed by atoms with Gasteiger partial charge in [-0.25, -0.2) is 4.98 Å². The Morgan fingerprint density at radius 3 is 2.59 bits per heavy atom. The lowest BCUT2D eigenvalue weighted by Crippen LogP contribution is -2.30. The molecule has 1 N–H and O–H groups in total. The maximum atomic E-state index is 12.0. The minimum absolute atomic E-state index is 0.194. The van der Waals surface area contributed by atoms with Crippen LogP contribution in [0, 0.1) is 6.92 Å². The molecular weight excluding hydrogens is 280 g/mol. The normalized spacial score (nSPS) is 10.1. The van der Waals surface area contributed by atoms with Crippen LogP contribution in [-0.4, -0.2) is 23.3 Å². The van der Waals surface area contributed by atoms with Crippen molar-refractivity contribution >= 4 is 11.7 Å². The Labute approximate surface area is 129 Å². The van der Waals surface area contributed by atoms with Gasteiger partial charge >= 0.3 is 0 Å². The van der Waals surface area contributed by atoms with Gasteiger partial charge in [-0.2, -0.15) is 0 Å². The number of pyridine rings is 1. The first-order valence-corrected chi connectivity index (χ1v) is 7.07. The highest BCUT2D eigenvalue weighted by Crippen LogP contribution is 2.13. The topological polar surface area (TPSA) is 68.3 Å². The first-order chi connectivity index (χ1) is 10.6. The molecule has 0 saturated heterocycles. The van der Waals surface area contributed by atoms with Crippen molar-refractivity contribution in [2.75, 3.05) is 6.61 Å². The summed E-state index contributed by atoms with van der Waals surface area (Å²) in [5, 5.41) is 2.60. The van der Waals surface area contributed by atoms with Crippen LogP contribution in [0.4, 0.5) is 0 Å². The molecule has 0 radical (unpaired) electrons. The molecule has 5 heteroatoms. The Bertz CT molecular complexity index is 666. The van der Waals surface area contributed by atoms with Gasteiger partial charge in [-0.15, -0.1) is 0 Å². The number of rotatable bonds is 6. The van der Waals surface area contributed by atoms with Crippen LogP contribution >= 0.6 is 0 Å². The van der Waals surface area contributed by atoms with Gasteiger partial charge in [-0.05, 0) is 19.9 Å². The maximum Gasteiger partial charge on any atom is 0.292 e. The molecular formula is C17H18N2O3.